The third-order valence-corrected chi connectivity index (χ3v) is 4.26. The first-order chi connectivity index (χ1) is 11.8. The number of hydrogen-bond acceptors (Lipinski definition) is 3. The Labute approximate surface area is 147 Å². The van der Waals surface area contributed by atoms with Crippen LogP contribution in [0.5, 0.6) is 0 Å². The molecule has 25 heavy (non-hydrogen) atoms. The topological polar surface area (TPSA) is 45.2 Å². The van der Waals surface area contributed by atoms with E-state index in [1.807, 2.05) is 0 Å². The van der Waals surface area contributed by atoms with Gasteiger partial charge in [0.15, 0.2) is 0 Å². The summed E-state index contributed by atoms with van der Waals surface area (Å²) < 4.78 is 38.8. The maximum atomic E-state index is 12.9. The summed E-state index contributed by atoms with van der Waals surface area (Å²) in [5, 5.41) is 2.50. The number of hydrogen-bond donors (Lipinski definition) is 1. The maximum Gasteiger partial charge on any atom is 0.417 e. The fourth-order valence-electron chi connectivity index (χ4n) is 2.69. The summed E-state index contributed by atoms with van der Waals surface area (Å²) in [6, 6.07) is 6.68. The van der Waals surface area contributed by atoms with Crippen molar-refractivity contribution in [2.75, 3.05) is 18.4 Å². The quantitative estimate of drug-likeness (QED) is 0.850. The monoisotopic (exact) mass is 369 g/mol. The Kier molecular flexibility index (Phi) is 4.85. The number of halogens is 4. The zero-order valence-corrected chi connectivity index (χ0v) is 13.9. The fourth-order valence-corrected chi connectivity index (χ4v) is 2.92. The highest BCUT2D eigenvalue weighted by Crippen LogP contribution is 2.36. The Bertz CT molecular complexity index is 789. The molecule has 0 spiro atoms. The first kappa shape index (κ1) is 17.5. The second-order valence-corrected chi connectivity index (χ2v) is 6.15. The number of nitrogens with one attached hydrogen (secondary N) is 1. The molecule has 0 bridgehead atoms. The first-order valence-electron chi connectivity index (χ1n) is 7.74. The summed E-state index contributed by atoms with van der Waals surface area (Å²) in [6.45, 7) is 1.40. The lowest BCUT2D eigenvalue weighted by atomic mass is 10.2. The molecule has 2 heterocycles. The highest BCUT2D eigenvalue weighted by Gasteiger charge is 2.33. The van der Waals surface area contributed by atoms with Crippen molar-refractivity contribution >= 4 is 28.9 Å². The summed E-state index contributed by atoms with van der Waals surface area (Å²) in [7, 11) is 0. The number of nitrogens with zero attached hydrogens (tertiary/aromatic N) is 2. The molecule has 2 aromatic rings. The van der Waals surface area contributed by atoms with Crippen LogP contribution < -0.4 is 5.32 Å². The average Bonchev–Trinajstić information content (AvgIpc) is 3.10. The first-order valence-corrected chi connectivity index (χ1v) is 8.11. The van der Waals surface area contributed by atoms with Crippen molar-refractivity contribution in [3.63, 3.8) is 0 Å². The Morgan fingerprint density at radius 1 is 1.12 bits per heavy atom. The van der Waals surface area contributed by atoms with Crippen LogP contribution in [0.3, 0.4) is 0 Å². The predicted molar refractivity (Wildman–Crippen MR) is 89.1 cm³/mol. The van der Waals surface area contributed by atoms with E-state index in [-0.39, 0.29) is 22.3 Å². The van der Waals surface area contributed by atoms with Gasteiger partial charge in [0.25, 0.3) is 5.91 Å². The Balaban J connectivity index is 1.82. The molecule has 0 radical (unpaired) electrons. The van der Waals surface area contributed by atoms with Gasteiger partial charge in [0, 0.05) is 30.7 Å². The van der Waals surface area contributed by atoms with Crippen molar-refractivity contribution in [2.24, 2.45) is 0 Å². The van der Waals surface area contributed by atoms with Gasteiger partial charge in [-0.1, -0.05) is 11.6 Å². The van der Waals surface area contributed by atoms with E-state index in [4.69, 9.17) is 11.6 Å². The molecule has 3 rings (SSSR count). The lowest BCUT2D eigenvalue weighted by molar-refractivity contribution is -0.137. The van der Waals surface area contributed by atoms with E-state index in [2.05, 4.69) is 10.3 Å². The van der Waals surface area contributed by atoms with Gasteiger partial charge in [0.2, 0.25) is 0 Å². The zero-order chi connectivity index (χ0) is 18.0. The second-order valence-electron chi connectivity index (χ2n) is 5.75. The molecule has 1 aliphatic heterocycles. The Morgan fingerprint density at radius 2 is 1.80 bits per heavy atom. The highest BCUT2D eigenvalue weighted by molar-refractivity contribution is 6.31. The van der Waals surface area contributed by atoms with E-state index in [0.717, 1.165) is 18.9 Å². The molecule has 0 aliphatic carbocycles. The second kappa shape index (κ2) is 6.92. The minimum atomic E-state index is -4.54. The van der Waals surface area contributed by atoms with Gasteiger partial charge in [-0.25, -0.2) is 0 Å². The molecule has 0 atom stereocenters. The largest absolute Gasteiger partial charge is 0.417 e. The summed E-state index contributed by atoms with van der Waals surface area (Å²) in [4.78, 5) is 18.1. The number of rotatable bonds is 3. The third-order valence-electron chi connectivity index (χ3n) is 3.93. The number of carbonyl (C=O) groups is 1. The minimum absolute atomic E-state index is 0.173. The standard InChI is InChI=1S/C17H15ClF3N3O/c18-14-4-3-11(9-13(14)17(19,20)21)23-12-5-6-22-15(10-12)16(25)24-7-1-2-8-24/h3-6,9-10H,1-2,7-8H2,(H,22,23). The van der Waals surface area contributed by atoms with Gasteiger partial charge < -0.3 is 10.2 Å². The van der Waals surface area contributed by atoms with Crippen LogP contribution in [-0.2, 0) is 6.18 Å². The molecular weight excluding hydrogens is 355 g/mol. The number of alkyl halides is 3. The van der Waals surface area contributed by atoms with Gasteiger partial charge in [-0.2, -0.15) is 13.2 Å². The Hall–Kier alpha value is -2.28. The van der Waals surface area contributed by atoms with Crippen molar-refractivity contribution in [2.45, 2.75) is 19.0 Å². The zero-order valence-electron chi connectivity index (χ0n) is 13.1. The molecule has 1 aromatic carbocycles. The van der Waals surface area contributed by atoms with Gasteiger partial charge in [-0.05, 0) is 43.2 Å². The van der Waals surface area contributed by atoms with E-state index in [1.54, 1.807) is 11.0 Å². The van der Waals surface area contributed by atoms with Crippen molar-refractivity contribution in [1.82, 2.24) is 9.88 Å². The van der Waals surface area contributed by atoms with E-state index >= 15 is 0 Å². The lowest BCUT2D eigenvalue weighted by Crippen LogP contribution is -2.28. The smallest absolute Gasteiger partial charge is 0.355 e. The van der Waals surface area contributed by atoms with Crippen LogP contribution in [0, 0.1) is 0 Å². The van der Waals surface area contributed by atoms with Gasteiger partial charge in [0.05, 0.1) is 10.6 Å². The van der Waals surface area contributed by atoms with Gasteiger partial charge in [-0.3, -0.25) is 9.78 Å². The molecule has 8 heteroatoms. The third kappa shape index (κ3) is 4.04. The average molecular weight is 370 g/mol. The SMILES string of the molecule is O=C(c1cc(Nc2ccc(Cl)c(C(F)(F)F)c2)ccn1)N1CCCC1. The minimum Gasteiger partial charge on any atom is -0.355 e. The molecule has 0 saturated carbocycles. The van der Waals surface area contributed by atoms with Crippen molar-refractivity contribution in [3.05, 3.63) is 52.8 Å². The summed E-state index contributed by atoms with van der Waals surface area (Å²) in [5.74, 6) is -0.173. The van der Waals surface area contributed by atoms with E-state index in [0.29, 0.717) is 18.8 Å². The Morgan fingerprint density at radius 3 is 2.48 bits per heavy atom. The molecule has 1 amide bonds. The van der Waals surface area contributed by atoms with Crippen LogP contribution in [0.15, 0.2) is 36.5 Å². The number of anilines is 2. The van der Waals surface area contributed by atoms with Crippen molar-refractivity contribution in [3.8, 4) is 0 Å². The van der Waals surface area contributed by atoms with Gasteiger partial charge in [-0.15, -0.1) is 0 Å². The van der Waals surface area contributed by atoms with Crippen LogP contribution in [0.2, 0.25) is 5.02 Å². The summed E-state index contributed by atoms with van der Waals surface area (Å²) in [5.41, 5.74) is 0.0500. The van der Waals surface area contributed by atoms with Crippen molar-refractivity contribution in [1.29, 1.82) is 0 Å². The molecule has 1 aliphatic rings. The molecule has 0 unspecified atom stereocenters. The molecule has 4 nitrogen and oxygen atoms in total. The summed E-state index contributed by atoms with van der Waals surface area (Å²) >= 11 is 5.62. The normalized spacial score (nSPS) is 14.6. The number of likely N-dealkylation sites (tertiary alicyclic amines) is 1. The molecule has 1 aromatic heterocycles. The maximum absolute atomic E-state index is 12.9. The number of aromatic nitrogens is 1. The molecule has 1 saturated heterocycles. The van der Waals surface area contributed by atoms with E-state index in [9.17, 15) is 18.0 Å². The fraction of sp³-hybridized carbons (Fsp3) is 0.294. The highest BCUT2D eigenvalue weighted by atomic mass is 35.5. The van der Waals surface area contributed by atoms with E-state index < -0.39 is 11.7 Å². The van der Waals surface area contributed by atoms with Gasteiger partial charge in [0.1, 0.15) is 5.69 Å². The number of pyridine rings is 1. The number of benzene rings is 1. The van der Waals surface area contributed by atoms with Crippen LogP contribution >= 0.6 is 11.6 Å². The lowest BCUT2D eigenvalue weighted by Gasteiger charge is -2.15. The van der Waals surface area contributed by atoms with Crippen molar-refractivity contribution < 1.29 is 18.0 Å². The van der Waals surface area contributed by atoms with Crippen LogP contribution in [0.4, 0.5) is 24.5 Å². The van der Waals surface area contributed by atoms with Crippen LogP contribution in [0.1, 0.15) is 28.9 Å². The molecular formula is C17H15ClF3N3O. The van der Waals surface area contributed by atoms with E-state index in [1.165, 1.54) is 24.4 Å². The molecule has 1 N–H and O–H groups in total. The molecule has 132 valence electrons. The predicted octanol–water partition coefficient (Wildman–Crippen LogP) is 4.73. The van der Waals surface area contributed by atoms with Crippen LogP contribution in [0.25, 0.3) is 0 Å². The number of amides is 1. The molecule has 1 fully saturated rings. The number of carbonyl (C=O) groups excluding carboxylic acids is 1. The van der Waals surface area contributed by atoms with Crippen LogP contribution in [-0.4, -0.2) is 28.9 Å². The summed E-state index contributed by atoms with van der Waals surface area (Å²) in [6.07, 6.45) is -1.15. The van der Waals surface area contributed by atoms with Gasteiger partial charge >= 0.3 is 6.18 Å².